The molecular weight excluding hydrogens is 302 g/mol. The number of rotatable bonds is 3. The fourth-order valence-corrected chi connectivity index (χ4v) is 2.87. The van der Waals surface area contributed by atoms with Crippen LogP contribution in [0, 0.1) is 6.92 Å². The van der Waals surface area contributed by atoms with Gasteiger partial charge in [-0.2, -0.15) is 5.10 Å². The zero-order valence-electron chi connectivity index (χ0n) is 13.0. The Kier molecular flexibility index (Phi) is 3.39. The van der Waals surface area contributed by atoms with Gasteiger partial charge < -0.3 is 9.72 Å². The summed E-state index contributed by atoms with van der Waals surface area (Å²) in [6, 6.07) is 17.3. The normalized spacial score (nSPS) is 10.9. The number of para-hydroxylation sites is 2. The van der Waals surface area contributed by atoms with E-state index in [0.29, 0.717) is 11.1 Å². The Balaban J connectivity index is 1.90. The number of aromatic amines is 2. The predicted molar refractivity (Wildman–Crippen MR) is 93.4 cm³/mol. The molecule has 5 heteroatoms. The second-order valence-corrected chi connectivity index (χ2v) is 5.52. The molecule has 5 nitrogen and oxygen atoms in total. The first-order valence-corrected chi connectivity index (χ1v) is 7.62. The number of hydrogen-bond acceptors (Lipinski definition) is 3. The highest BCUT2D eigenvalue weighted by Gasteiger charge is 2.16. The van der Waals surface area contributed by atoms with E-state index in [2.05, 4.69) is 15.2 Å². The van der Waals surface area contributed by atoms with Crippen LogP contribution in [0.3, 0.4) is 0 Å². The Bertz CT molecular complexity index is 1060. The predicted octanol–water partition coefficient (Wildman–Crippen LogP) is 4.02. The number of nitrogens with zero attached hydrogens (tertiary/aromatic N) is 1. The number of hydrogen-bond donors (Lipinski definition) is 2. The lowest BCUT2D eigenvalue weighted by Crippen LogP contribution is -2.06. The molecule has 0 saturated heterocycles. The van der Waals surface area contributed by atoms with E-state index in [-0.39, 0.29) is 5.56 Å². The number of benzene rings is 2. The molecule has 4 aromatic rings. The molecule has 2 heterocycles. The van der Waals surface area contributed by atoms with Crippen LogP contribution in [-0.2, 0) is 0 Å². The van der Waals surface area contributed by atoms with E-state index in [0.717, 1.165) is 28.1 Å². The van der Waals surface area contributed by atoms with Crippen molar-refractivity contribution < 1.29 is 4.74 Å². The van der Waals surface area contributed by atoms with Gasteiger partial charge in [0.05, 0.1) is 17.3 Å². The Morgan fingerprint density at radius 2 is 1.75 bits per heavy atom. The molecule has 0 spiro atoms. The SMILES string of the molecule is Cc1[nH]c(-c2ccccc2Oc2ccccc2)c2cn[nH]c(=O)c12. The fraction of sp³-hybridized carbons (Fsp3) is 0.0526. The Labute approximate surface area is 137 Å². The number of H-pyrrole nitrogens is 2. The van der Waals surface area contributed by atoms with Gasteiger partial charge in [0.2, 0.25) is 0 Å². The minimum Gasteiger partial charge on any atom is -0.457 e. The van der Waals surface area contributed by atoms with Gasteiger partial charge in [0, 0.05) is 16.6 Å². The lowest BCUT2D eigenvalue weighted by atomic mass is 10.1. The summed E-state index contributed by atoms with van der Waals surface area (Å²) in [5.74, 6) is 1.47. The molecule has 0 saturated carbocycles. The van der Waals surface area contributed by atoms with Gasteiger partial charge in [-0.05, 0) is 31.2 Å². The van der Waals surface area contributed by atoms with Crippen LogP contribution in [0.15, 0.2) is 65.6 Å². The number of aryl methyl sites for hydroxylation is 1. The van der Waals surface area contributed by atoms with Crippen molar-refractivity contribution in [2.75, 3.05) is 0 Å². The maximum absolute atomic E-state index is 12.1. The lowest BCUT2D eigenvalue weighted by Gasteiger charge is -2.10. The Hall–Kier alpha value is -3.34. The van der Waals surface area contributed by atoms with Crippen molar-refractivity contribution >= 4 is 10.8 Å². The van der Waals surface area contributed by atoms with Crippen LogP contribution in [0.5, 0.6) is 11.5 Å². The van der Waals surface area contributed by atoms with Gasteiger partial charge >= 0.3 is 0 Å². The van der Waals surface area contributed by atoms with Gasteiger partial charge in [-0.3, -0.25) is 4.79 Å². The number of fused-ring (bicyclic) bond motifs is 1. The van der Waals surface area contributed by atoms with Crippen molar-refractivity contribution in [3.63, 3.8) is 0 Å². The summed E-state index contributed by atoms with van der Waals surface area (Å²) in [7, 11) is 0. The van der Waals surface area contributed by atoms with Crippen LogP contribution in [0.25, 0.3) is 22.0 Å². The van der Waals surface area contributed by atoms with Crippen molar-refractivity contribution in [3.8, 4) is 22.8 Å². The standard InChI is InChI=1S/C19H15N3O2/c1-12-17-15(11-20-22-19(17)23)18(21-12)14-9-5-6-10-16(14)24-13-7-3-2-4-8-13/h2-11,21H,1H3,(H,22,23). The molecule has 2 N–H and O–H groups in total. The van der Waals surface area contributed by atoms with Crippen molar-refractivity contribution in [1.29, 1.82) is 0 Å². The van der Waals surface area contributed by atoms with Crippen LogP contribution >= 0.6 is 0 Å². The van der Waals surface area contributed by atoms with Gasteiger partial charge in [0.25, 0.3) is 5.56 Å². The molecule has 24 heavy (non-hydrogen) atoms. The summed E-state index contributed by atoms with van der Waals surface area (Å²) in [6.45, 7) is 1.88. The summed E-state index contributed by atoms with van der Waals surface area (Å²) < 4.78 is 6.03. The summed E-state index contributed by atoms with van der Waals surface area (Å²) in [5.41, 5.74) is 2.31. The van der Waals surface area contributed by atoms with Crippen LogP contribution < -0.4 is 10.3 Å². The summed E-state index contributed by atoms with van der Waals surface area (Å²) in [5, 5.41) is 7.80. The first kappa shape index (κ1) is 14.3. The largest absolute Gasteiger partial charge is 0.457 e. The molecule has 0 unspecified atom stereocenters. The number of aromatic nitrogens is 3. The van der Waals surface area contributed by atoms with Crippen molar-refractivity contribution in [2.24, 2.45) is 0 Å². The van der Waals surface area contributed by atoms with Crippen molar-refractivity contribution in [3.05, 3.63) is 76.8 Å². The second kappa shape index (κ2) is 5.70. The fourth-order valence-electron chi connectivity index (χ4n) is 2.87. The number of nitrogens with one attached hydrogen (secondary N) is 2. The molecule has 0 bridgehead atoms. The van der Waals surface area contributed by atoms with E-state index < -0.39 is 0 Å². The van der Waals surface area contributed by atoms with Crippen LogP contribution in [0.2, 0.25) is 0 Å². The summed E-state index contributed by atoms with van der Waals surface area (Å²) in [6.07, 6.45) is 1.66. The molecule has 0 aliphatic carbocycles. The first-order valence-electron chi connectivity index (χ1n) is 7.62. The molecule has 0 fully saturated rings. The van der Waals surface area contributed by atoms with Crippen molar-refractivity contribution in [1.82, 2.24) is 15.2 Å². The van der Waals surface area contributed by atoms with Gasteiger partial charge in [-0.25, -0.2) is 5.10 Å². The molecular formula is C19H15N3O2. The van der Waals surface area contributed by atoms with E-state index >= 15 is 0 Å². The van der Waals surface area contributed by atoms with E-state index in [9.17, 15) is 4.79 Å². The zero-order valence-corrected chi connectivity index (χ0v) is 13.0. The molecule has 2 aromatic heterocycles. The number of ether oxygens (including phenoxy) is 1. The highest BCUT2D eigenvalue weighted by Crippen LogP contribution is 2.36. The second-order valence-electron chi connectivity index (χ2n) is 5.52. The van der Waals surface area contributed by atoms with Gasteiger partial charge in [-0.1, -0.05) is 30.3 Å². The molecule has 0 atom stereocenters. The minimum atomic E-state index is -0.200. The summed E-state index contributed by atoms with van der Waals surface area (Å²) in [4.78, 5) is 15.3. The van der Waals surface area contributed by atoms with E-state index in [1.54, 1.807) is 6.20 Å². The quantitative estimate of drug-likeness (QED) is 0.599. The van der Waals surface area contributed by atoms with E-state index in [4.69, 9.17) is 4.74 Å². The smallest absolute Gasteiger partial charge is 0.273 e. The highest BCUT2D eigenvalue weighted by molar-refractivity contribution is 5.97. The first-order chi connectivity index (χ1) is 11.7. The topological polar surface area (TPSA) is 70.8 Å². The van der Waals surface area contributed by atoms with Gasteiger partial charge in [-0.15, -0.1) is 0 Å². The maximum Gasteiger partial charge on any atom is 0.273 e. The third-order valence-electron chi connectivity index (χ3n) is 3.94. The Morgan fingerprint density at radius 3 is 2.58 bits per heavy atom. The highest BCUT2D eigenvalue weighted by atomic mass is 16.5. The third-order valence-corrected chi connectivity index (χ3v) is 3.94. The molecule has 0 aliphatic rings. The van der Waals surface area contributed by atoms with Crippen LogP contribution in [0.4, 0.5) is 0 Å². The van der Waals surface area contributed by atoms with E-state index in [1.165, 1.54) is 0 Å². The molecule has 118 valence electrons. The average Bonchev–Trinajstić information content (AvgIpc) is 2.94. The molecule has 4 rings (SSSR count). The zero-order chi connectivity index (χ0) is 16.5. The lowest BCUT2D eigenvalue weighted by molar-refractivity contribution is 0.484. The summed E-state index contributed by atoms with van der Waals surface area (Å²) >= 11 is 0. The van der Waals surface area contributed by atoms with E-state index in [1.807, 2.05) is 61.5 Å². The molecule has 0 amide bonds. The molecule has 2 aromatic carbocycles. The van der Waals surface area contributed by atoms with Crippen LogP contribution in [-0.4, -0.2) is 15.2 Å². The minimum absolute atomic E-state index is 0.200. The van der Waals surface area contributed by atoms with Crippen molar-refractivity contribution in [2.45, 2.75) is 6.92 Å². The molecule has 0 aliphatic heterocycles. The van der Waals surface area contributed by atoms with Gasteiger partial charge in [0.1, 0.15) is 11.5 Å². The third kappa shape index (κ3) is 2.36. The monoisotopic (exact) mass is 317 g/mol. The molecule has 0 radical (unpaired) electrons. The Morgan fingerprint density at radius 1 is 1.00 bits per heavy atom. The van der Waals surface area contributed by atoms with Gasteiger partial charge in [0.15, 0.2) is 0 Å². The van der Waals surface area contributed by atoms with Crippen LogP contribution in [0.1, 0.15) is 5.69 Å². The maximum atomic E-state index is 12.1. The average molecular weight is 317 g/mol.